The Balaban J connectivity index is 1.69. The fourth-order valence-corrected chi connectivity index (χ4v) is 3.42. The average molecular weight is 408 g/mol. The van der Waals surface area contributed by atoms with Gasteiger partial charge < -0.3 is 10.2 Å². The van der Waals surface area contributed by atoms with Crippen molar-refractivity contribution in [2.45, 2.75) is 25.6 Å². The van der Waals surface area contributed by atoms with E-state index < -0.39 is 22.6 Å². The number of aromatic nitrogens is 1. The molecule has 10 heteroatoms. The molecule has 1 aliphatic rings. The Labute approximate surface area is 164 Å². The van der Waals surface area contributed by atoms with Gasteiger partial charge in [0.1, 0.15) is 5.82 Å². The van der Waals surface area contributed by atoms with Gasteiger partial charge in [0.2, 0.25) is 5.91 Å². The largest absolute Gasteiger partial charge is 0.419 e. The lowest BCUT2D eigenvalue weighted by Gasteiger charge is -2.34. The number of carbonyl (C=O) groups is 1. The van der Waals surface area contributed by atoms with E-state index >= 15 is 0 Å². The van der Waals surface area contributed by atoms with Gasteiger partial charge in [-0.25, -0.2) is 4.98 Å². The predicted molar refractivity (Wildman–Crippen MR) is 99.1 cm³/mol. The third-order valence-electron chi connectivity index (χ3n) is 4.83. The van der Waals surface area contributed by atoms with Crippen LogP contribution in [0, 0.1) is 16.0 Å². The van der Waals surface area contributed by atoms with Gasteiger partial charge in [-0.2, -0.15) is 13.2 Å². The van der Waals surface area contributed by atoms with Crippen LogP contribution < -0.4 is 10.2 Å². The Bertz CT molecular complexity index is 904. The van der Waals surface area contributed by atoms with E-state index in [1.165, 1.54) is 29.3 Å². The monoisotopic (exact) mass is 408 g/mol. The summed E-state index contributed by atoms with van der Waals surface area (Å²) in [7, 11) is 0. The Morgan fingerprint density at radius 3 is 2.76 bits per heavy atom. The maximum atomic E-state index is 13.3. The van der Waals surface area contributed by atoms with Gasteiger partial charge in [-0.3, -0.25) is 14.9 Å². The van der Waals surface area contributed by atoms with Gasteiger partial charge in [-0.15, -0.1) is 0 Å². The average Bonchev–Trinajstić information content (AvgIpc) is 2.71. The number of carbonyl (C=O) groups excluding carboxylic acids is 1. The fraction of sp³-hybridized carbons (Fsp3) is 0.368. The highest BCUT2D eigenvalue weighted by molar-refractivity contribution is 5.79. The summed E-state index contributed by atoms with van der Waals surface area (Å²) in [6.07, 6.45) is -2.18. The second-order valence-corrected chi connectivity index (χ2v) is 6.76. The van der Waals surface area contributed by atoms with Crippen molar-refractivity contribution in [1.29, 1.82) is 0 Å². The quantitative estimate of drug-likeness (QED) is 0.604. The van der Waals surface area contributed by atoms with Crippen molar-refractivity contribution in [2.75, 3.05) is 18.0 Å². The normalized spacial score (nSPS) is 17.1. The van der Waals surface area contributed by atoms with Gasteiger partial charge in [0.05, 0.1) is 16.4 Å². The Morgan fingerprint density at radius 2 is 2.03 bits per heavy atom. The molecule has 1 unspecified atom stereocenters. The minimum absolute atomic E-state index is 0.0239. The van der Waals surface area contributed by atoms with Crippen molar-refractivity contribution < 1.29 is 22.9 Å². The molecule has 0 saturated carbocycles. The lowest BCUT2D eigenvalue weighted by molar-refractivity contribution is -0.385. The smallest absolute Gasteiger partial charge is 0.355 e. The van der Waals surface area contributed by atoms with Crippen molar-refractivity contribution in [2.24, 2.45) is 5.92 Å². The molecular weight excluding hydrogens is 389 g/mol. The highest BCUT2D eigenvalue weighted by Gasteiger charge is 2.37. The van der Waals surface area contributed by atoms with Gasteiger partial charge in [-0.05, 0) is 25.0 Å². The van der Waals surface area contributed by atoms with E-state index in [1.54, 1.807) is 12.1 Å². The molecule has 1 saturated heterocycles. The van der Waals surface area contributed by atoms with Gasteiger partial charge in [-0.1, -0.05) is 18.2 Å². The number of nitrogens with zero attached hydrogens (tertiary/aromatic N) is 3. The second-order valence-electron chi connectivity index (χ2n) is 6.76. The number of hydrogen-bond donors (Lipinski definition) is 1. The molecule has 7 nitrogen and oxygen atoms in total. The molecule has 2 aromatic rings. The molecule has 1 fully saturated rings. The minimum Gasteiger partial charge on any atom is -0.355 e. The van der Waals surface area contributed by atoms with E-state index in [9.17, 15) is 28.1 Å². The summed E-state index contributed by atoms with van der Waals surface area (Å²) in [5.74, 6) is -1.07. The van der Waals surface area contributed by atoms with Crippen LogP contribution in [0.1, 0.15) is 24.0 Å². The Kier molecular flexibility index (Phi) is 6.00. The lowest BCUT2D eigenvalue weighted by Crippen LogP contribution is -2.43. The number of benzene rings is 1. The van der Waals surface area contributed by atoms with Crippen LogP contribution in [0.5, 0.6) is 0 Å². The number of hydrogen-bond acceptors (Lipinski definition) is 5. The first kappa shape index (κ1) is 20.6. The first-order chi connectivity index (χ1) is 13.8. The topological polar surface area (TPSA) is 88.4 Å². The summed E-state index contributed by atoms with van der Waals surface area (Å²) < 4.78 is 39.8. The van der Waals surface area contributed by atoms with E-state index in [0.717, 1.165) is 6.07 Å². The minimum atomic E-state index is -4.54. The van der Waals surface area contributed by atoms with Crippen LogP contribution in [0.2, 0.25) is 0 Å². The summed E-state index contributed by atoms with van der Waals surface area (Å²) in [5.41, 5.74) is -0.565. The summed E-state index contributed by atoms with van der Waals surface area (Å²) in [4.78, 5) is 28.5. The number of para-hydroxylation sites is 1. The number of alkyl halides is 3. The summed E-state index contributed by atoms with van der Waals surface area (Å²) in [6, 6.07) is 8.27. The van der Waals surface area contributed by atoms with Crippen LogP contribution >= 0.6 is 0 Å². The number of amides is 1. The van der Waals surface area contributed by atoms with Crippen molar-refractivity contribution >= 4 is 17.4 Å². The van der Waals surface area contributed by atoms with Crippen LogP contribution in [0.3, 0.4) is 0 Å². The van der Waals surface area contributed by atoms with Gasteiger partial charge in [0, 0.05) is 37.5 Å². The first-order valence-electron chi connectivity index (χ1n) is 9.04. The molecule has 1 aliphatic heterocycles. The van der Waals surface area contributed by atoms with Gasteiger partial charge in [0.25, 0.3) is 5.69 Å². The highest BCUT2D eigenvalue weighted by Crippen LogP contribution is 2.36. The molecule has 1 amide bonds. The summed E-state index contributed by atoms with van der Waals surface area (Å²) in [6.45, 7) is 0.445. The number of rotatable bonds is 5. The van der Waals surface area contributed by atoms with Gasteiger partial charge >= 0.3 is 6.18 Å². The highest BCUT2D eigenvalue weighted by atomic mass is 19.4. The summed E-state index contributed by atoms with van der Waals surface area (Å²) in [5, 5.41) is 13.7. The molecule has 1 atom stereocenters. The van der Waals surface area contributed by atoms with E-state index in [1.807, 2.05) is 0 Å². The first-order valence-corrected chi connectivity index (χ1v) is 9.04. The number of pyridine rings is 1. The molecule has 1 aromatic carbocycles. The van der Waals surface area contributed by atoms with Crippen molar-refractivity contribution in [1.82, 2.24) is 10.3 Å². The molecule has 3 rings (SSSR count). The molecule has 1 N–H and O–H groups in total. The van der Waals surface area contributed by atoms with Crippen LogP contribution in [-0.2, 0) is 17.5 Å². The van der Waals surface area contributed by atoms with Crippen molar-refractivity contribution in [3.05, 3.63) is 63.8 Å². The number of nitro groups is 1. The van der Waals surface area contributed by atoms with Crippen molar-refractivity contribution in [3.8, 4) is 0 Å². The molecule has 1 aromatic heterocycles. The van der Waals surface area contributed by atoms with E-state index in [0.29, 0.717) is 24.9 Å². The lowest BCUT2D eigenvalue weighted by atomic mass is 9.96. The molecule has 0 aliphatic carbocycles. The zero-order valence-corrected chi connectivity index (χ0v) is 15.4. The van der Waals surface area contributed by atoms with Crippen LogP contribution in [0.25, 0.3) is 0 Å². The maximum Gasteiger partial charge on any atom is 0.419 e. The number of anilines is 1. The number of halogens is 3. The molecule has 29 heavy (non-hydrogen) atoms. The molecule has 0 radical (unpaired) electrons. The molecule has 2 heterocycles. The van der Waals surface area contributed by atoms with Crippen molar-refractivity contribution in [3.63, 3.8) is 0 Å². The van der Waals surface area contributed by atoms with E-state index in [-0.39, 0.29) is 30.5 Å². The third-order valence-corrected chi connectivity index (χ3v) is 4.83. The Morgan fingerprint density at radius 1 is 1.28 bits per heavy atom. The number of nitrogens with one attached hydrogen (secondary N) is 1. The number of nitro benzene ring substituents is 1. The zero-order valence-electron chi connectivity index (χ0n) is 15.4. The molecule has 154 valence electrons. The molecule has 0 spiro atoms. The van der Waals surface area contributed by atoms with E-state index in [4.69, 9.17) is 0 Å². The third kappa shape index (κ3) is 4.82. The standard InChI is InChI=1S/C19H19F3N4O3/c20-19(21,22)15-7-3-9-23-17(15)25-10-4-6-14(12-25)18(27)24-11-13-5-1-2-8-16(13)26(28)29/h1-3,5,7-9,14H,4,6,10-12H2,(H,24,27). The van der Waals surface area contributed by atoms with E-state index in [2.05, 4.69) is 10.3 Å². The summed E-state index contributed by atoms with van der Waals surface area (Å²) >= 11 is 0. The second kappa shape index (κ2) is 8.46. The molecule has 0 bridgehead atoms. The van der Waals surface area contributed by atoms with Gasteiger partial charge in [0.15, 0.2) is 0 Å². The zero-order chi connectivity index (χ0) is 21.0. The van der Waals surface area contributed by atoms with Crippen LogP contribution in [0.15, 0.2) is 42.6 Å². The fourth-order valence-electron chi connectivity index (χ4n) is 3.42. The number of piperidine rings is 1. The van der Waals surface area contributed by atoms with Crippen LogP contribution in [0.4, 0.5) is 24.7 Å². The molecular formula is C19H19F3N4O3. The predicted octanol–water partition coefficient (Wildman–Crippen LogP) is 3.54. The Hall–Kier alpha value is -3.17. The maximum absolute atomic E-state index is 13.3. The SMILES string of the molecule is O=C(NCc1ccccc1[N+](=O)[O-])C1CCCN(c2ncccc2C(F)(F)F)C1. The van der Waals surface area contributed by atoms with Crippen LogP contribution in [-0.4, -0.2) is 28.9 Å².